The predicted molar refractivity (Wildman–Crippen MR) is 91.1 cm³/mol. The van der Waals surface area contributed by atoms with Gasteiger partial charge in [0.2, 0.25) is 0 Å². The topological polar surface area (TPSA) is 0 Å². The Kier molecular flexibility index (Phi) is 6.34. The summed E-state index contributed by atoms with van der Waals surface area (Å²) in [6.07, 6.45) is 8.91. The number of hydrogen-bond donors (Lipinski definition) is 0. The molecule has 116 valence electrons. The average molecular weight is 340 g/mol. The molecule has 21 heavy (non-hydrogen) atoms. The molecule has 0 N–H and O–H groups in total. The van der Waals surface area contributed by atoms with E-state index in [0.717, 1.165) is 11.8 Å². The van der Waals surface area contributed by atoms with Gasteiger partial charge in [-0.2, -0.15) is 22.7 Å². The van der Waals surface area contributed by atoms with Crippen LogP contribution in [0, 0.1) is 46.3 Å². The molecule has 2 atom stereocenters. The molecule has 2 saturated carbocycles. The SMILES string of the molecule is C=CC(C)(C)C1[CH-]C1(C)C.C=CC(C)(C)C1[CH-]C1(C)C.[Zn+2]. The van der Waals surface area contributed by atoms with E-state index in [1.54, 1.807) is 0 Å². The van der Waals surface area contributed by atoms with Crippen molar-refractivity contribution in [2.45, 2.75) is 55.4 Å². The Morgan fingerprint density at radius 3 is 1.00 bits per heavy atom. The van der Waals surface area contributed by atoms with Crippen LogP contribution < -0.4 is 0 Å². The van der Waals surface area contributed by atoms with Gasteiger partial charge in [0.05, 0.1) is 0 Å². The number of rotatable bonds is 4. The summed E-state index contributed by atoms with van der Waals surface area (Å²) in [5.74, 6) is 1.47. The predicted octanol–water partition coefficient (Wildman–Crippen LogP) is 6.12. The summed E-state index contributed by atoms with van der Waals surface area (Å²) < 4.78 is 0. The van der Waals surface area contributed by atoms with Crippen LogP contribution in [-0.2, 0) is 19.5 Å². The van der Waals surface area contributed by atoms with Gasteiger partial charge in [0.1, 0.15) is 0 Å². The standard InChI is InChI=1S/2C10H17.Zn/c2*1-6-9(2,3)8-7-10(8,4)5;/h2*6-8H,1H2,2-5H3;/q2*-1;+2. The number of hydrogen-bond acceptors (Lipinski definition) is 0. The van der Waals surface area contributed by atoms with Gasteiger partial charge in [-0.1, -0.05) is 67.5 Å². The quantitative estimate of drug-likeness (QED) is 0.329. The molecule has 0 aromatic carbocycles. The van der Waals surface area contributed by atoms with Gasteiger partial charge in [0.25, 0.3) is 0 Å². The first-order valence-electron chi connectivity index (χ1n) is 7.79. The van der Waals surface area contributed by atoms with Gasteiger partial charge < -0.3 is 12.8 Å². The molecule has 2 rings (SSSR count). The van der Waals surface area contributed by atoms with Crippen molar-refractivity contribution in [2.24, 2.45) is 33.5 Å². The third kappa shape index (κ3) is 5.05. The molecule has 2 aliphatic carbocycles. The summed E-state index contributed by atoms with van der Waals surface area (Å²) in [6, 6.07) is 0. The van der Waals surface area contributed by atoms with E-state index in [4.69, 9.17) is 0 Å². The summed E-state index contributed by atoms with van der Waals surface area (Å²) >= 11 is 0. The van der Waals surface area contributed by atoms with E-state index >= 15 is 0 Å². The fourth-order valence-corrected chi connectivity index (χ4v) is 3.36. The molecule has 0 heterocycles. The second-order valence-corrected chi connectivity index (χ2v) is 8.98. The van der Waals surface area contributed by atoms with Crippen LogP contribution in [0.25, 0.3) is 0 Å². The minimum absolute atomic E-state index is 0. The van der Waals surface area contributed by atoms with Gasteiger partial charge in [-0.3, -0.25) is 0 Å². The maximum atomic E-state index is 3.84. The van der Waals surface area contributed by atoms with Crippen molar-refractivity contribution in [2.75, 3.05) is 0 Å². The van der Waals surface area contributed by atoms with Crippen molar-refractivity contribution >= 4 is 0 Å². The monoisotopic (exact) mass is 338 g/mol. The zero-order valence-electron chi connectivity index (χ0n) is 15.6. The first-order chi connectivity index (χ1) is 8.80. The Morgan fingerprint density at radius 1 is 0.762 bits per heavy atom. The summed E-state index contributed by atoms with van der Waals surface area (Å²) in [5.41, 5.74) is 1.50. The van der Waals surface area contributed by atoms with E-state index in [9.17, 15) is 0 Å². The zero-order chi connectivity index (χ0) is 16.0. The van der Waals surface area contributed by atoms with E-state index in [1.165, 1.54) is 0 Å². The molecule has 0 aromatic rings. The van der Waals surface area contributed by atoms with E-state index in [-0.39, 0.29) is 19.5 Å². The first kappa shape index (κ1) is 21.1. The average Bonchev–Trinajstić information content (AvgIpc) is 3.16. The molecule has 0 saturated heterocycles. The summed E-state index contributed by atoms with van der Waals surface area (Å²) in [4.78, 5) is 0. The Hall–Kier alpha value is 0.103. The summed E-state index contributed by atoms with van der Waals surface area (Å²) in [7, 11) is 0. The third-order valence-corrected chi connectivity index (χ3v) is 5.23. The van der Waals surface area contributed by atoms with Crippen molar-refractivity contribution in [1.29, 1.82) is 0 Å². The van der Waals surface area contributed by atoms with Crippen molar-refractivity contribution in [3.63, 3.8) is 0 Å². The molecule has 2 fully saturated rings. The van der Waals surface area contributed by atoms with E-state index in [2.05, 4.69) is 93.5 Å². The van der Waals surface area contributed by atoms with E-state index in [0.29, 0.717) is 21.7 Å². The fourth-order valence-electron chi connectivity index (χ4n) is 3.36. The largest absolute Gasteiger partial charge is 2.00 e. The van der Waals surface area contributed by atoms with Crippen LogP contribution in [0.5, 0.6) is 0 Å². The zero-order valence-corrected chi connectivity index (χ0v) is 18.6. The van der Waals surface area contributed by atoms with Gasteiger partial charge in [0, 0.05) is 0 Å². The van der Waals surface area contributed by atoms with Crippen LogP contribution in [0.4, 0.5) is 0 Å². The molecule has 0 nitrogen and oxygen atoms in total. The molecule has 1 heteroatoms. The molecule has 2 unspecified atom stereocenters. The van der Waals surface area contributed by atoms with Gasteiger partial charge in [0.15, 0.2) is 0 Å². The van der Waals surface area contributed by atoms with Crippen LogP contribution in [0.2, 0.25) is 0 Å². The maximum Gasteiger partial charge on any atom is 2.00 e. The van der Waals surface area contributed by atoms with Crippen LogP contribution in [-0.4, -0.2) is 0 Å². The normalized spacial score (nSPS) is 28.4. The molecule has 2 aliphatic rings. The molecule has 0 amide bonds. The van der Waals surface area contributed by atoms with Gasteiger partial charge in [-0.05, 0) is 10.8 Å². The first-order valence-corrected chi connectivity index (χ1v) is 7.79. The number of allylic oxidation sites excluding steroid dienone is 2. The third-order valence-electron chi connectivity index (χ3n) is 5.23. The molecule has 0 spiro atoms. The van der Waals surface area contributed by atoms with E-state index in [1.807, 2.05) is 0 Å². The van der Waals surface area contributed by atoms with Crippen molar-refractivity contribution < 1.29 is 19.5 Å². The van der Waals surface area contributed by atoms with Crippen LogP contribution in [0.1, 0.15) is 55.4 Å². The Morgan fingerprint density at radius 2 is 0.952 bits per heavy atom. The van der Waals surface area contributed by atoms with Crippen molar-refractivity contribution in [3.8, 4) is 0 Å². The Labute approximate surface area is 146 Å². The second kappa shape index (κ2) is 6.31. The van der Waals surface area contributed by atoms with Crippen LogP contribution >= 0.6 is 0 Å². The Balaban J connectivity index is 0.000000364. The molecular formula is C20H34Zn. The van der Waals surface area contributed by atoms with Crippen molar-refractivity contribution in [1.82, 2.24) is 0 Å². The molecule has 0 radical (unpaired) electrons. The maximum absolute atomic E-state index is 3.84. The Bertz CT molecular complexity index is 347. The smallest absolute Gasteiger partial charge is 0.323 e. The molecule has 0 bridgehead atoms. The molecular weight excluding hydrogens is 306 g/mol. The van der Waals surface area contributed by atoms with Gasteiger partial charge in [-0.15, -0.1) is 13.2 Å². The summed E-state index contributed by atoms with van der Waals surface area (Å²) in [5, 5.41) is 0. The summed E-state index contributed by atoms with van der Waals surface area (Å²) in [6.45, 7) is 25.8. The molecule has 0 aromatic heterocycles. The fraction of sp³-hybridized carbons (Fsp3) is 0.700. The van der Waals surface area contributed by atoms with E-state index < -0.39 is 0 Å². The molecule has 0 aliphatic heterocycles. The van der Waals surface area contributed by atoms with Gasteiger partial charge >= 0.3 is 19.5 Å². The second-order valence-electron chi connectivity index (χ2n) is 8.98. The van der Waals surface area contributed by atoms with Crippen molar-refractivity contribution in [3.05, 3.63) is 38.2 Å². The minimum atomic E-state index is 0. The van der Waals surface area contributed by atoms with Crippen LogP contribution in [0.3, 0.4) is 0 Å². The van der Waals surface area contributed by atoms with Gasteiger partial charge in [-0.25, -0.2) is 0 Å². The minimum Gasteiger partial charge on any atom is -0.323 e. The van der Waals surface area contributed by atoms with Crippen LogP contribution in [0.15, 0.2) is 25.3 Å².